The van der Waals surface area contributed by atoms with Crippen molar-refractivity contribution >= 4 is 80.1 Å². The highest BCUT2D eigenvalue weighted by molar-refractivity contribution is 7.26. The van der Waals surface area contributed by atoms with Gasteiger partial charge in [-0.05, 0) is 93.0 Å². The molecule has 0 saturated heterocycles. The Labute approximate surface area is 340 Å². The van der Waals surface area contributed by atoms with Crippen molar-refractivity contribution in [1.82, 2.24) is 0 Å². The molecule has 0 aliphatic heterocycles. The van der Waals surface area contributed by atoms with Crippen LogP contribution in [0.2, 0.25) is 0 Å². The Morgan fingerprint density at radius 1 is 0.263 bits per heavy atom. The number of nitrogens with zero attached hydrogens (tertiary/aromatic N) is 1. The maximum absolute atomic E-state index is 2.42. The first-order valence-corrected chi connectivity index (χ1v) is 21.0. The summed E-state index contributed by atoms with van der Waals surface area (Å²) in [6.07, 6.45) is 0. The number of thiophene rings is 2. The third-order valence-corrected chi connectivity index (χ3v) is 13.5. The lowest BCUT2D eigenvalue weighted by atomic mass is 9.99. The lowest BCUT2D eigenvalue weighted by Crippen LogP contribution is -2.10. The van der Waals surface area contributed by atoms with Crippen molar-refractivity contribution in [2.45, 2.75) is 0 Å². The number of fused-ring (bicyclic) bond motifs is 6. The topological polar surface area (TPSA) is 3.24 Å². The molecule has 0 unspecified atom stereocenters. The minimum absolute atomic E-state index is 1.11. The van der Waals surface area contributed by atoms with Crippen LogP contribution in [0.5, 0.6) is 0 Å². The summed E-state index contributed by atoms with van der Waals surface area (Å²) >= 11 is 3.76. The fourth-order valence-corrected chi connectivity index (χ4v) is 10.8. The zero-order valence-corrected chi connectivity index (χ0v) is 32.6. The Morgan fingerprint density at radius 3 is 1.16 bits per heavy atom. The summed E-state index contributed by atoms with van der Waals surface area (Å²) in [6.45, 7) is 0. The van der Waals surface area contributed by atoms with E-state index in [-0.39, 0.29) is 0 Å². The molecule has 2 aromatic heterocycles. The average Bonchev–Trinajstić information content (AvgIpc) is 3.86. The Balaban J connectivity index is 1.06. The van der Waals surface area contributed by atoms with Gasteiger partial charge in [-0.15, -0.1) is 22.7 Å². The molecule has 0 radical (unpaired) electrons. The quantitative estimate of drug-likeness (QED) is 0.156. The van der Waals surface area contributed by atoms with E-state index >= 15 is 0 Å². The van der Waals surface area contributed by atoms with Crippen LogP contribution in [0.3, 0.4) is 0 Å². The van der Waals surface area contributed by atoms with Crippen LogP contribution in [0, 0.1) is 0 Å². The van der Waals surface area contributed by atoms with E-state index in [1.165, 1.54) is 84.9 Å². The van der Waals surface area contributed by atoms with E-state index in [1.807, 2.05) is 22.7 Å². The molecule has 0 N–H and O–H groups in total. The molecule has 0 aliphatic carbocycles. The first-order valence-electron chi connectivity index (χ1n) is 19.3. The fraction of sp³-hybridized carbons (Fsp3) is 0. The largest absolute Gasteiger partial charge is 0.310 e. The van der Waals surface area contributed by atoms with Crippen molar-refractivity contribution in [1.29, 1.82) is 0 Å². The van der Waals surface area contributed by atoms with Crippen LogP contribution in [0.25, 0.3) is 84.9 Å². The van der Waals surface area contributed by atoms with E-state index in [2.05, 4.69) is 217 Å². The maximum atomic E-state index is 2.42. The molecule has 0 saturated carbocycles. The standard InChI is InChI=1S/C54H35NS2/c1-2-13-36(14-3-1)37-29-31-38(32-30-37)39-15-8-18-42(33-39)55(43-19-9-16-40(34-43)45-23-11-25-49-47-21-4-6-27-51(47)56-53(45)49)44-20-10-17-41(35-44)46-24-12-26-50-48-22-5-7-28-52(48)57-54(46)50/h1-35H. The van der Waals surface area contributed by atoms with E-state index in [9.17, 15) is 0 Å². The minimum Gasteiger partial charge on any atom is -0.310 e. The molecule has 1 nitrogen and oxygen atoms in total. The predicted octanol–water partition coefficient (Wildman–Crippen LogP) is 16.6. The summed E-state index contributed by atoms with van der Waals surface area (Å²) in [5.74, 6) is 0. The van der Waals surface area contributed by atoms with Gasteiger partial charge in [0.05, 0.1) is 0 Å². The molecule has 268 valence electrons. The van der Waals surface area contributed by atoms with Gasteiger partial charge < -0.3 is 4.90 Å². The van der Waals surface area contributed by atoms with Crippen LogP contribution >= 0.6 is 22.7 Å². The van der Waals surface area contributed by atoms with Gasteiger partial charge in [0.15, 0.2) is 0 Å². The molecule has 0 amide bonds. The van der Waals surface area contributed by atoms with E-state index < -0.39 is 0 Å². The summed E-state index contributed by atoms with van der Waals surface area (Å²) in [4.78, 5) is 2.42. The van der Waals surface area contributed by atoms with Crippen molar-refractivity contribution in [3.05, 3.63) is 212 Å². The second kappa shape index (κ2) is 14.1. The number of hydrogen-bond acceptors (Lipinski definition) is 3. The highest BCUT2D eigenvalue weighted by atomic mass is 32.1. The fourth-order valence-electron chi connectivity index (χ4n) is 8.33. The molecule has 0 fully saturated rings. The summed E-state index contributed by atoms with van der Waals surface area (Å²) in [7, 11) is 0. The second-order valence-electron chi connectivity index (χ2n) is 14.5. The van der Waals surface area contributed by atoms with Crippen LogP contribution in [0.15, 0.2) is 212 Å². The monoisotopic (exact) mass is 761 g/mol. The first kappa shape index (κ1) is 33.5. The van der Waals surface area contributed by atoms with Crippen LogP contribution in [0.1, 0.15) is 0 Å². The van der Waals surface area contributed by atoms with Crippen LogP contribution in [-0.4, -0.2) is 0 Å². The van der Waals surface area contributed by atoms with E-state index in [4.69, 9.17) is 0 Å². The van der Waals surface area contributed by atoms with Gasteiger partial charge in [-0.1, -0.05) is 164 Å². The molecule has 2 heterocycles. The van der Waals surface area contributed by atoms with Crippen molar-refractivity contribution in [2.75, 3.05) is 4.90 Å². The zero-order chi connectivity index (χ0) is 37.7. The minimum atomic E-state index is 1.11. The molecule has 0 atom stereocenters. The van der Waals surface area contributed by atoms with Gasteiger partial charge in [0.1, 0.15) is 0 Å². The van der Waals surface area contributed by atoms with Crippen molar-refractivity contribution in [2.24, 2.45) is 0 Å². The Kier molecular flexibility index (Phi) is 8.28. The van der Waals surface area contributed by atoms with E-state index in [1.54, 1.807) is 0 Å². The summed E-state index contributed by atoms with van der Waals surface area (Å²) in [5, 5.41) is 5.25. The van der Waals surface area contributed by atoms with Gasteiger partial charge in [0, 0.05) is 57.4 Å². The van der Waals surface area contributed by atoms with Crippen molar-refractivity contribution < 1.29 is 0 Å². The molecule has 0 aliphatic rings. The number of benzene rings is 9. The van der Waals surface area contributed by atoms with Gasteiger partial charge in [0.25, 0.3) is 0 Å². The maximum Gasteiger partial charge on any atom is 0.0467 e. The Bertz CT molecular complexity index is 3090. The van der Waals surface area contributed by atoms with Gasteiger partial charge in [-0.25, -0.2) is 0 Å². The Morgan fingerprint density at radius 2 is 0.632 bits per heavy atom. The summed E-state index contributed by atoms with van der Waals surface area (Å²) in [6, 6.07) is 77.6. The molecule has 9 aromatic carbocycles. The van der Waals surface area contributed by atoms with Gasteiger partial charge in [0.2, 0.25) is 0 Å². The number of hydrogen-bond donors (Lipinski definition) is 0. The molecule has 11 aromatic rings. The molecular formula is C54H35NS2. The first-order chi connectivity index (χ1) is 28.2. The summed E-state index contributed by atoms with van der Waals surface area (Å²) < 4.78 is 5.28. The normalized spacial score (nSPS) is 11.5. The number of rotatable bonds is 7. The lowest BCUT2D eigenvalue weighted by molar-refractivity contribution is 1.28. The lowest BCUT2D eigenvalue weighted by Gasteiger charge is -2.27. The molecule has 3 heteroatoms. The molecular weight excluding hydrogens is 727 g/mol. The highest BCUT2D eigenvalue weighted by Gasteiger charge is 2.18. The molecule has 0 spiro atoms. The highest BCUT2D eigenvalue weighted by Crippen LogP contribution is 2.45. The smallest absolute Gasteiger partial charge is 0.0467 e. The number of anilines is 3. The van der Waals surface area contributed by atoms with Gasteiger partial charge >= 0.3 is 0 Å². The van der Waals surface area contributed by atoms with E-state index in [0.717, 1.165) is 17.1 Å². The van der Waals surface area contributed by atoms with Gasteiger partial charge in [-0.2, -0.15) is 0 Å². The predicted molar refractivity (Wildman–Crippen MR) is 249 cm³/mol. The second-order valence-corrected chi connectivity index (χ2v) is 16.6. The molecule has 0 bridgehead atoms. The average molecular weight is 762 g/mol. The van der Waals surface area contributed by atoms with Crippen LogP contribution in [0.4, 0.5) is 17.1 Å². The Hall–Kier alpha value is -6.78. The molecule has 57 heavy (non-hydrogen) atoms. The summed E-state index contributed by atoms with van der Waals surface area (Å²) in [5.41, 5.74) is 13.0. The zero-order valence-electron chi connectivity index (χ0n) is 31.0. The SMILES string of the molecule is c1ccc(-c2ccc(-c3cccc(N(c4cccc(-c5cccc6c5sc5ccccc56)c4)c4cccc(-c5cccc6c5sc5ccccc56)c4)c3)cc2)cc1. The third kappa shape index (κ3) is 6.00. The van der Waals surface area contributed by atoms with Crippen molar-refractivity contribution in [3.8, 4) is 44.5 Å². The molecule has 11 rings (SSSR count). The van der Waals surface area contributed by atoms with Crippen LogP contribution in [-0.2, 0) is 0 Å². The van der Waals surface area contributed by atoms with Crippen molar-refractivity contribution in [3.63, 3.8) is 0 Å². The van der Waals surface area contributed by atoms with Crippen LogP contribution < -0.4 is 4.90 Å². The third-order valence-electron chi connectivity index (χ3n) is 11.1. The van der Waals surface area contributed by atoms with Gasteiger partial charge in [-0.3, -0.25) is 0 Å². The van der Waals surface area contributed by atoms with E-state index in [0.29, 0.717) is 0 Å².